The number of morpholine rings is 1. The number of rotatable bonds is 3. The van der Waals surface area contributed by atoms with E-state index in [9.17, 15) is 0 Å². The van der Waals surface area contributed by atoms with E-state index in [1.54, 1.807) is 0 Å². The van der Waals surface area contributed by atoms with Gasteiger partial charge in [0.2, 0.25) is 0 Å². The predicted molar refractivity (Wildman–Crippen MR) is 71.3 cm³/mol. The molecule has 0 amide bonds. The summed E-state index contributed by atoms with van der Waals surface area (Å²) in [6, 6.07) is 7.08. The average Bonchev–Trinajstić information content (AvgIpc) is 2.38. The third-order valence-corrected chi connectivity index (χ3v) is 3.58. The van der Waals surface area contributed by atoms with Crippen molar-refractivity contribution in [2.75, 3.05) is 24.7 Å². The highest BCUT2D eigenvalue weighted by Crippen LogP contribution is 2.24. The van der Waals surface area contributed by atoms with Gasteiger partial charge in [-0.1, -0.05) is 13.0 Å². The molecule has 0 saturated carbocycles. The van der Waals surface area contributed by atoms with Crippen molar-refractivity contribution in [3.8, 4) is 0 Å². The number of benzene rings is 1. The molecule has 1 atom stereocenters. The normalized spacial score (nSPS) is 20.6. The molecule has 1 aliphatic rings. The first kappa shape index (κ1) is 12.4. The lowest BCUT2D eigenvalue weighted by molar-refractivity contribution is 0.0930. The van der Waals surface area contributed by atoms with E-state index in [0.29, 0.717) is 12.6 Å². The van der Waals surface area contributed by atoms with E-state index in [1.807, 2.05) is 0 Å². The van der Waals surface area contributed by atoms with Crippen LogP contribution < -0.4 is 10.6 Å². The topological polar surface area (TPSA) is 38.5 Å². The highest BCUT2D eigenvalue weighted by Gasteiger charge is 2.21. The molecule has 0 bridgehead atoms. The summed E-state index contributed by atoms with van der Waals surface area (Å²) in [6.45, 7) is 7.62. The fourth-order valence-corrected chi connectivity index (χ4v) is 2.42. The zero-order valence-electron chi connectivity index (χ0n) is 10.8. The monoisotopic (exact) mass is 234 g/mol. The second kappa shape index (κ2) is 5.52. The molecule has 3 nitrogen and oxygen atoms in total. The fourth-order valence-electron chi connectivity index (χ4n) is 2.42. The van der Waals surface area contributed by atoms with E-state index in [4.69, 9.17) is 10.5 Å². The number of hydrogen-bond acceptors (Lipinski definition) is 3. The van der Waals surface area contributed by atoms with Gasteiger partial charge in [0, 0.05) is 18.8 Å². The Kier molecular flexibility index (Phi) is 4.02. The van der Waals surface area contributed by atoms with Crippen molar-refractivity contribution < 1.29 is 4.74 Å². The van der Waals surface area contributed by atoms with Crippen molar-refractivity contribution in [1.29, 1.82) is 0 Å². The average molecular weight is 234 g/mol. The minimum Gasteiger partial charge on any atom is -0.377 e. The number of nitrogens with two attached hydrogens (primary N) is 1. The number of ether oxygens (including phenoxy) is 1. The first-order chi connectivity index (χ1) is 8.26. The van der Waals surface area contributed by atoms with Crippen molar-refractivity contribution in [3.63, 3.8) is 0 Å². The lowest BCUT2D eigenvalue weighted by atomic mass is 10.1. The largest absolute Gasteiger partial charge is 0.377 e. The summed E-state index contributed by atoms with van der Waals surface area (Å²) in [7, 11) is 0. The molecule has 1 heterocycles. The Morgan fingerprint density at radius 3 is 2.94 bits per heavy atom. The Bertz CT molecular complexity index is 378. The SMILES string of the molecule is CCC1COCCN1c1ccc(CN)c(C)c1. The van der Waals surface area contributed by atoms with Crippen LogP contribution >= 0.6 is 0 Å². The first-order valence-corrected chi connectivity index (χ1v) is 6.40. The van der Waals surface area contributed by atoms with Gasteiger partial charge < -0.3 is 15.4 Å². The van der Waals surface area contributed by atoms with Gasteiger partial charge in [-0.15, -0.1) is 0 Å². The minimum absolute atomic E-state index is 0.506. The second-order valence-corrected chi connectivity index (χ2v) is 4.65. The molecule has 1 aliphatic heterocycles. The van der Waals surface area contributed by atoms with E-state index in [1.165, 1.54) is 16.8 Å². The molecular formula is C14H22N2O. The van der Waals surface area contributed by atoms with Gasteiger partial charge in [-0.25, -0.2) is 0 Å². The van der Waals surface area contributed by atoms with Crippen molar-refractivity contribution >= 4 is 5.69 Å². The number of nitrogens with zero attached hydrogens (tertiary/aromatic N) is 1. The van der Waals surface area contributed by atoms with Gasteiger partial charge in [0.25, 0.3) is 0 Å². The number of hydrogen-bond donors (Lipinski definition) is 1. The molecule has 0 aliphatic carbocycles. The molecule has 0 aromatic heterocycles. The highest BCUT2D eigenvalue weighted by atomic mass is 16.5. The van der Waals surface area contributed by atoms with E-state index < -0.39 is 0 Å². The summed E-state index contributed by atoms with van der Waals surface area (Å²) in [4.78, 5) is 2.46. The maximum atomic E-state index is 5.70. The first-order valence-electron chi connectivity index (χ1n) is 6.40. The molecule has 17 heavy (non-hydrogen) atoms. The molecule has 1 aromatic rings. The van der Waals surface area contributed by atoms with Crippen LogP contribution in [0, 0.1) is 6.92 Å². The third kappa shape index (κ3) is 2.61. The molecule has 1 unspecified atom stereocenters. The Balaban J connectivity index is 2.23. The molecule has 3 heteroatoms. The summed E-state index contributed by atoms with van der Waals surface area (Å²) in [5.41, 5.74) is 9.52. The van der Waals surface area contributed by atoms with Gasteiger partial charge in [-0.2, -0.15) is 0 Å². The van der Waals surface area contributed by atoms with Crippen molar-refractivity contribution in [1.82, 2.24) is 0 Å². The molecule has 1 aromatic carbocycles. The maximum Gasteiger partial charge on any atom is 0.0670 e. The molecule has 0 radical (unpaired) electrons. The Hall–Kier alpha value is -1.06. The van der Waals surface area contributed by atoms with Crippen molar-refractivity contribution in [2.45, 2.75) is 32.9 Å². The van der Waals surface area contributed by atoms with Crippen LogP contribution in [0.5, 0.6) is 0 Å². The number of aryl methyl sites for hydroxylation is 1. The molecule has 1 fully saturated rings. The summed E-state index contributed by atoms with van der Waals surface area (Å²) in [6.07, 6.45) is 1.12. The summed E-state index contributed by atoms with van der Waals surface area (Å²) in [5.74, 6) is 0. The van der Waals surface area contributed by atoms with Crippen molar-refractivity contribution in [3.05, 3.63) is 29.3 Å². The van der Waals surface area contributed by atoms with Crippen LogP contribution in [0.2, 0.25) is 0 Å². The van der Waals surface area contributed by atoms with Gasteiger partial charge >= 0.3 is 0 Å². The van der Waals surface area contributed by atoms with Crippen LogP contribution in [0.4, 0.5) is 5.69 Å². The Morgan fingerprint density at radius 2 is 2.29 bits per heavy atom. The van der Waals surface area contributed by atoms with E-state index in [-0.39, 0.29) is 0 Å². The van der Waals surface area contributed by atoms with Crippen LogP contribution in [0.1, 0.15) is 24.5 Å². The van der Waals surface area contributed by atoms with Gasteiger partial charge in [0.15, 0.2) is 0 Å². The van der Waals surface area contributed by atoms with Gasteiger partial charge in [-0.05, 0) is 36.6 Å². The maximum absolute atomic E-state index is 5.70. The molecule has 2 rings (SSSR count). The predicted octanol–water partition coefficient (Wildman–Crippen LogP) is 2.07. The van der Waals surface area contributed by atoms with Crippen LogP contribution in [-0.2, 0) is 11.3 Å². The van der Waals surface area contributed by atoms with Crippen molar-refractivity contribution in [2.24, 2.45) is 5.73 Å². The van der Waals surface area contributed by atoms with Gasteiger partial charge in [-0.3, -0.25) is 0 Å². The zero-order chi connectivity index (χ0) is 12.3. The minimum atomic E-state index is 0.506. The second-order valence-electron chi connectivity index (χ2n) is 4.65. The summed E-state index contributed by atoms with van der Waals surface area (Å²) < 4.78 is 5.54. The fraction of sp³-hybridized carbons (Fsp3) is 0.571. The van der Waals surface area contributed by atoms with Gasteiger partial charge in [0.1, 0.15) is 0 Å². The van der Waals surface area contributed by atoms with Crippen LogP contribution in [-0.4, -0.2) is 25.8 Å². The molecule has 0 spiro atoms. The van der Waals surface area contributed by atoms with Crippen LogP contribution in [0.25, 0.3) is 0 Å². The summed E-state index contributed by atoms with van der Waals surface area (Å²) in [5, 5.41) is 0. The molecular weight excluding hydrogens is 212 g/mol. The third-order valence-electron chi connectivity index (χ3n) is 3.58. The standard InChI is InChI=1S/C14H22N2O/c1-3-13-10-17-7-6-16(13)14-5-4-12(9-15)11(2)8-14/h4-5,8,13H,3,6-7,9-10,15H2,1-2H3. The van der Waals surface area contributed by atoms with Crippen LogP contribution in [0.3, 0.4) is 0 Å². The lowest BCUT2D eigenvalue weighted by Crippen LogP contribution is -2.45. The molecule has 94 valence electrons. The molecule has 2 N–H and O–H groups in total. The number of anilines is 1. The van der Waals surface area contributed by atoms with E-state index in [0.717, 1.165) is 26.2 Å². The summed E-state index contributed by atoms with van der Waals surface area (Å²) >= 11 is 0. The van der Waals surface area contributed by atoms with E-state index in [2.05, 4.69) is 36.9 Å². The quantitative estimate of drug-likeness (QED) is 0.870. The lowest BCUT2D eigenvalue weighted by Gasteiger charge is -2.37. The molecule has 1 saturated heterocycles. The Labute approximate surface area is 104 Å². The zero-order valence-corrected chi connectivity index (χ0v) is 10.8. The van der Waals surface area contributed by atoms with Gasteiger partial charge in [0.05, 0.1) is 19.3 Å². The highest BCUT2D eigenvalue weighted by molar-refractivity contribution is 5.52. The van der Waals surface area contributed by atoms with E-state index >= 15 is 0 Å². The smallest absolute Gasteiger partial charge is 0.0670 e. The Morgan fingerprint density at radius 1 is 1.47 bits per heavy atom. The van der Waals surface area contributed by atoms with Crippen LogP contribution in [0.15, 0.2) is 18.2 Å².